The Morgan fingerprint density at radius 1 is 1.57 bits per heavy atom. The minimum absolute atomic E-state index is 0.391. The number of esters is 1. The van der Waals surface area contributed by atoms with Gasteiger partial charge in [-0.3, -0.25) is 4.99 Å². The maximum atomic E-state index is 11.6. The van der Waals surface area contributed by atoms with Crippen molar-refractivity contribution in [2.75, 3.05) is 13.1 Å². The number of hydrogen-bond acceptors (Lipinski definition) is 4. The van der Waals surface area contributed by atoms with Gasteiger partial charge in [0.25, 0.3) is 0 Å². The summed E-state index contributed by atoms with van der Waals surface area (Å²) in [5.74, 6) is 0.173. The molecular weight excluding hydrogens is 204 g/mol. The molecule has 0 unspecified atom stereocenters. The van der Waals surface area contributed by atoms with Gasteiger partial charge in [-0.1, -0.05) is 11.6 Å². The van der Waals surface area contributed by atoms with E-state index in [9.17, 15) is 4.79 Å². The number of ether oxygens (including phenoxy) is 1. The molecule has 1 N–H and O–H groups in total. The highest BCUT2D eigenvalue weighted by molar-refractivity contribution is 6.47. The lowest BCUT2D eigenvalue weighted by molar-refractivity contribution is -0.146. The molecule has 1 atom stereocenters. The maximum Gasteiger partial charge on any atom is 0.335 e. The van der Waals surface area contributed by atoms with Crippen molar-refractivity contribution in [3.05, 3.63) is 0 Å². The molecule has 5 heteroatoms. The van der Waals surface area contributed by atoms with Crippen molar-refractivity contribution >= 4 is 23.4 Å². The van der Waals surface area contributed by atoms with Crippen LogP contribution in [0.3, 0.4) is 0 Å². The first-order valence-corrected chi connectivity index (χ1v) is 5.03. The average molecular weight is 217 g/mol. The molecular formula is C9H13ClN2O2. The standard InChI is InChI=1S/C9H13ClN2O2/c1-8(2)5-9(10,7(13)14-8)6-11-3-4-12-6/h3-5H2,1-2H3,(H,11,12)/t9-/m1/s1. The number of amidine groups is 1. The van der Waals surface area contributed by atoms with Gasteiger partial charge in [-0.15, -0.1) is 0 Å². The van der Waals surface area contributed by atoms with E-state index in [0.29, 0.717) is 18.8 Å². The summed E-state index contributed by atoms with van der Waals surface area (Å²) in [7, 11) is 0. The second-order valence-corrected chi connectivity index (χ2v) is 4.93. The van der Waals surface area contributed by atoms with Crippen LogP contribution < -0.4 is 5.32 Å². The van der Waals surface area contributed by atoms with Crippen LogP contribution in [0.4, 0.5) is 0 Å². The molecule has 0 saturated carbocycles. The summed E-state index contributed by atoms with van der Waals surface area (Å²) in [5, 5.41) is 3.02. The zero-order valence-electron chi connectivity index (χ0n) is 8.26. The molecule has 0 amide bonds. The normalized spacial score (nSPS) is 35.1. The minimum Gasteiger partial charge on any atom is -0.458 e. The summed E-state index contributed by atoms with van der Waals surface area (Å²) < 4.78 is 5.18. The highest BCUT2D eigenvalue weighted by atomic mass is 35.5. The van der Waals surface area contributed by atoms with Crippen LogP contribution in [-0.2, 0) is 9.53 Å². The number of cyclic esters (lactones) is 1. The topological polar surface area (TPSA) is 50.7 Å². The largest absolute Gasteiger partial charge is 0.458 e. The number of halogens is 1. The predicted octanol–water partition coefficient (Wildman–Crippen LogP) is 0.691. The second kappa shape index (κ2) is 2.86. The Hall–Kier alpha value is -0.770. The average Bonchev–Trinajstić information content (AvgIpc) is 2.58. The predicted molar refractivity (Wildman–Crippen MR) is 53.7 cm³/mol. The van der Waals surface area contributed by atoms with Crippen LogP contribution in [0.15, 0.2) is 4.99 Å². The van der Waals surface area contributed by atoms with Crippen LogP contribution >= 0.6 is 11.6 Å². The van der Waals surface area contributed by atoms with Crippen LogP contribution in [0.1, 0.15) is 20.3 Å². The van der Waals surface area contributed by atoms with Gasteiger partial charge in [0.2, 0.25) is 4.87 Å². The summed E-state index contributed by atoms with van der Waals surface area (Å²) in [4.78, 5) is 14.7. The van der Waals surface area contributed by atoms with Crippen LogP contribution in [0.2, 0.25) is 0 Å². The van der Waals surface area contributed by atoms with E-state index in [4.69, 9.17) is 16.3 Å². The minimum atomic E-state index is -1.08. The number of carbonyl (C=O) groups is 1. The third-order valence-electron chi connectivity index (χ3n) is 2.41. The number of carbonyl (C=O) groups excluding carboxylic acids is 1. The van der Waals surface area contributed by atoms with Crippen LogP contribution in [0.25, 0.3) is 0 Å². The zero-order chi connectivity index (χ0) is 10.4. The monoisotopic (exact) mass is 216 g/mol. The van der Waals surface area contributed by atoms with Gasteiger partial charge in [-0.05, 0) is 13.8 Å². The Labute approximate surface area is 87.7 Å². The van der Waals surface area contributed by atoms with Gasteiger partial charge in [-0.2, -0.15) is 0 Å². The molecule has 0 spiro atoms. The van der Waals surface area contributed by atoms with Gasteiger partial charge >= 0.3 is 5.97 Å². The number of rotatable bonds is 1. The quantitative estimate of drug-likeness (QED) is 0.518. The van der Waals surface area contributed by atoms with Crippen molar-refractivity contribution in [3.63, 3.8) is 0 Å². The lowest BCUT2D eigenvalue weighted by Gasteiger charge is -2.18. The van der Waals surface area contributed by atoms with Gasteiger partial charge in [0.15, 0.2) is 0 Å². The van der Waals surface area contributed by atoms with Gasteiger partial charge in [0.1, 0.15) is 11.4 Å². The van der Waals surface area contributed by atoms with E-state index in [1.165, 1.54) is 0 Å². The SMILES string of the molecule is CC1(C)C[C@@](Cl)(C2=NCCN2)C(=O)O1. The van der Waals surface area contributed by atoms with E-state index in [1.807, 2.05) is 13.8 Å². The number of hydrogen-bond donors (Lipinski definition) is 1. The molecule has 14 heavy (non-hydrogen) atoms. The third kappa shape index (κ3) is 1.38. The molecule has 4 nitrogen and oxygen atoms in total. The Bertz CT molecular complexity index is 314. The van der Waals surface area contributed by atoms with E-state index >= 15 is 0 Å². The van der Waals surface area contributed by atoms with Gasteiger partial charge < -0.3 is 10.1 Å². The molecule has 0 aromatic rings. The first-order chi connectivity index (χ1) is 6.44. The third-order valence-corrected chi connectivity index (χ3v) is 2.88. The fourth-order valence-corrected chi connectivity index (χ4v) is 2.36. The summed E-state index contributed by atoms with van der Waals surface area (Å²) in [6.07, 6.45) is 0.465. The first kappa shape index (κ1) is 9.77. The molecule has 2 rings (SSSR count). The summed E-state index contributed by atoms with van der Waals surface area (Å²) >= 11 is 6.24. The van der Waals surface area contributed by atoms with E-state index in [2.05, 4.69) is 10.3 Å². The van der Waals surface area contributed by atoms with Gasteiger partial charge in [0.05, 0.1) is 6.54 Å². The number of nitrogens with zero attached hydrogens (tertiary/aromatic N) is 1. The molecule has 1 saturated heterocycles. The van der Waals surface area contributed by atoms with Crippen molar-refractivity contribution in [2.45, 2.75) is 30.7 Å². The molecule has 0 bridgehead atoms. The van der Waals surface area contributed by atoms with Crippen LogP contribution in [0.5, 0.6) is 0 Å². The smallest absolute Gasteiger partial charge is 0.335 e. The lowest BCUT2D eigenvalue weighted by Crippen LogP contribution is -2.44. The molecule has 0 aromatic carbocycles. The van der Waals surface area contributed by atoms with E-state index in [-0.39, 0.29) is 0 Å². The fourth-order valence-electron chi connectivity index (χ4n) is 1.87. The molecule has 78 valence electrons. The Balaban J connectivity index is 2.28. The van der Waals surface area contributed by atoms with Crippen molar-refractivity contribution in [1.29, 1.82) is 0 Å². The highest BCUT2D eigenvalue weighted by Crippen LogP contribution is 2.39. The van der Waals surface area contributed by atoms with Crippen molar-refractivity contribution in [2.24, 2.45) is 4.99 Å². The van der Waals surface area contributed by atoms with E-state index in [0.717, 1.165) is 6.54 Å². The molecule has 2 heterocycles. The van der Waals surface area contributed by atoms with E-state index < -0.39 is 16.4 Å². The summed E-state index contributed by atoms with van der Waals surface area (Å²) in [6.45, 7) is 5.13. The highest BCUT2D eigenvalue weighted by Gasteiger charge is 2.55. The van der Waals surface area contributed by atoms with Crippen molar-refractivity contribution in [1.82, 2.24) is 5.32 Å². The second-order valence-electron chi connectivity index (χ2n) is 4.28. The Kier molecular flexibility index (Phi) is 2.00. The molecule has 0 aliphatic carbocycles. The molecule has 1 fully saturated rings. The number of alkyl halides is 1. The maximum absolute atomic E-state index is 11.6. The summed E-state index contributed by atoms with van der Waals surface area (Å²) in [5.41, 5.74) is -0.494. The lowest BCUT2D eigenvalue weighted by atomic mass is 9.96. The van der Waals surface area contributed by atoms with Crippen LogP contribution in [0, 0.1) is 0 Å². The van der Waals surface area contributed by atoms with Gasteiger partial charge in [-0.25, -0.2) is 4.79 Å². The van der Waals surface area contributed by atoms with Gasteiger partial charge in [0, 0.05) is 13.0 Å². The van der Waals surface area contributed by atoms with Crippen molar-refractivity contribution in [3.8, 4) is 0 Å². The zero-order valence-corrected chi connectivity index (χ0v) is 9.02. The van der Waals surface area contributed by atoms with E-state index in [1.54, 1.807) is 0 Å². The van der Waals surface area contributed by atoms with Crippen molar-refractivity contribution < 1.29 is 9.53 Å². The molecule has 2 aliphatic rings. The fraction of sp³-hybridized carbons (Fsp3) is 0.778. The molecule has 0 aromatic heterocycles. The first-order valence-electron chi connectivity index (χ1n) is 4.65. The Morgan fingerprint density at radius 2 is 2.29 bits per heavy atom. The number of nitrogens with one attached hydrogen (secondary N) is 1. The Morgan fingerprint density at radius 3 is 2.71 bits per heavy atom. The summed E-state index contributed by atoms with van der Waals surface area (Å²) in [6, 6.07) is 0. The molecule has 0 radical (unpaired) electrons. The number of aliphatic imine (C=N–C) groups is 1. The van der Waals surface area contributed by atoms with Crippen LogP contribution in [-0.4, -0.2) is 35.4 Å². The molecule has 2 aliphatic heterocycles.